The molecule has 0 saturated carbocycles. The lowest BCUT2D eigenvalue weighted by molar-refractivity contribution is 0.112. The van der Waals surface area contributed by atoms with Gasteiger partial charge in [-0.05, 0) is 6.07 Å². The van der Waals surface area contributed by atoms with Gasteiger partial charge in [0.1, 0.15) is 5.15 Å². The quantitative estimate of drug-likeness (QED) is 0.496. The van der Waals surface area contributed by atoms with Crippen LogP contribution >= 0.6 is 11.6 Å². The molecule has 0 aliphatic rings. The lowest BCUT2D eigenvalue weighted by atomic mass is 10.2. The van der Waals surface area contributed by atoms with Gasteiger partial charge in [0, 0.05) is 11.8 Å². The first-order chi connectivity index (χ1) is 5.27. The predicted octanol–water partition coefficient (Wildman–Crippen LogP) is 1.36. The topological polar surface area (TPSA) is 47.0 Å². The molecule has 4 heteroatoms. The summed E-state index contributed by atoms with van der Waals surface area (Å²) in [6, 6.07) is 1.38. The maximum absolute atomic E-state index is 10.3. The van der Waals surface area contributed by atoms with Crippen LogP contribution in [0.15, 0.2) is 12.3 Å². The van der Waals surface area contributed by atoms with E-state index in [-0.39, 0.29) is 10.7 Å². The predicted molar refractivity (Wildman–Crippen MR) is 40.0 cm³/mol. The minimum absolute atomic E-state index is 0.116. The van der Waals surface area contributed by atoms with Gasteiger partial charge in [-0.15, -0.1) is 0 Å². The number of carbonyl (C=O) groups excluding carboxylic acids is 2. The Morgan fingerprint density at radius 3 is 2.64 bits per heavy atom. The van der Waals surface area contributed by atoms with Crippen molar-refractivity contribution in [2.45, 2.75) is 0 Å². The largest absolute Gasteiger partial charge is 0.298 e. The molecule has 0 spiro atoms. The first kappa shape index (κ1) is 7.88. The van der Waals surface area contributed by atoms with E-state index in [1.807, 2.05) is 0 Å². The Balaban J connectivity index is 3.22. The molecule has 1 rings (SSSR count). The van der Waals surface area contributed by atoms with E-state index in [1.54, 1.807) is 0 Å². The minimum atomic E-state index is 0.116. The summed E-state index contributed by atoms with van der Waals surface area (Å²) in [6.45, 7) is 0. The van der Waals surface area contributed by atoms with Gasteiger partial charge in [0.15, 0.2) is 12.6 Å². The molecule has 0 amide bonds. The molecule has 1 aromatic heterocycles. The smallest absolute Gasteiger partial charge is 0.153 e. The van der Waals surface area contributed by atoms with Crippen LogP contribution in [0, 0.1) is 0 Å². The van der Waals surface area contributed by atoms with E-state index in [0.717, 1.165) is 0 Å². The number of carbonyl (C=O) groups is 2. The number of pyridine rings is 1. The third-order valence-electron chi connectivity index (χ3n) is 1.15. The van der Waals surface area contributed by atoms with E-state index in [2.05, 4.69) is 4.98 Å². The zero-order valence-corrected chi connectivity index (χ0v) is 6.21. The second-order valence-corrected chi connectivity index (χ2v) is 2.24. The zero-order chi connectivity index (χ0) is 8.27. The summed E-state index contributed by atoms with van der Waals surface area (Å²) in [5.74, 6) is 0. The molecule has 0 unspecified atom stereocenters. The van der Waals surface area contributed by atoms with Crippen molar-refractivity contribution < 1.29 is 9.59 Å². The van der Waals surface area contributed by atoms with Gasteiger partial charge in [0.05, 0.1) is 5.56 Å². The van der Waals surface area contributed by atoms with Crippen molar-refractivity contribution in [2.24, 2.45) is 0 Å². The van der Waals surface area contributed by atoms with Crippen LogP contribution in [-0.4, -0.2) is 17.6 Å². The number of hydrogen-bond acceptors (Lipinski definition) is 3. The van der Waals surface area contributed by atoms with Gasteiger partial charge >= 0.3 is 0 Å². The second kappa shape index (κ2) is 3.25. The van der Waals surface area contributed by atoms with Crippen LogP contribution in [0.25, 0.3) is 0 Å². The molecule has 0 radical (unpaired) electrons. The highest BCUT2D eigenvalue weighted by Crippen LogP contribution is 2.10. The minimum Gasteiger partial charge on any atom is -0.298 e. The number of aldehydes is 2. The lowest BCUT2D eigenvalue weighted by Gasteiger charge is -1.93. The molecular weight excluding hydrogens is 166 g/mol. The molecule has 1 heterocycles. The number of aromatic nitrogens is 1. The second-order valence-electron chi connectivity index (χ2n) is 1.88. The molecule has 0 aliphatic heterocycles. The molecule has 3 nitrogen and oxygen atoms in total. The molecule has 0 bridgehead atoms. The zero-order valence-electron chi connectivity index (χ0n) is 5.45. The van der Waals surface area contributed by atoms with Crippen LogP contribution in [-0.2, 0) is 0 Å². The van der Waals surface area contributed by atoms with Crippen molar-refractivity contribution in [1.29, 1.82) is 0 Å². The molecule has 11 heavy (non-hydrogen) atoms. The normalized spacial score (nSPS) is 9.18. The van der Waals surface area contributed by atoms with E-state index >= 15 is 0 Å². The number of hydrogen-bond donors (Lipinski definition) is 0. The molecule has 0 saturated heterocycles. The van der Waals surface area contributed by atoms with Gasteiger partial charge in [-0.1, -0.05) is 11.6 Å². The van der Waals surface area contributed by atoms with Crippen molar-refractivity contribution in [2.75, 3.05) is 0 Å². The van der Waals surface area contributed by atoms with Crippen molar-refractivity contribution >= 4 is 24.2 Å². The van der Waals surface area contributed by atoms with Crippen LogP contribution in [0.3, 0.4) is 0 Å². The Bertz CT molecular complexity index is 298. The van der Waals surface area contributed by atoms with E-state index in [9.17, 15) is 9.59 Å². The molecule has 56 valence electrons. The molecule has 0 atom stereocenters. The molecule has 1 aromatic rings. The summed E-state index contributed by atoms with van der Waals surface area (Å²) in [6.07, 6.45) is 2.47. The fraction of sp³-hybridized carbons (Fsp3) is 0. The molecule has 0 fully saturated rings. The summed E-state index contributed by atoms with van der Waals surface area (Å²) >= 11 is 5.50. The molecule has 0 aromatic carbocycles. The van der Waals surface area contributed by atoms with E-state index in [4.69, 9.17) is 11.6 Å². The highest BCUT2D eigenvalue weighted by molar-refractivity contribution is 6.31. The number of nitrogens with zero attached hydrogens (tertiary/aromatic N) is 1. The van der Waals surface area contributed by atoms with Gasteiger partial charge in [-0.25, -0.2) is 4.98 Å². The number of rotatable bonds is 2. The maximum atomic E-state index is 10.3. The molecule has 0 N–H and O–H groups in total. The van der Waals surface area contributed by atoms with E-state index in [1.165, 1.54) is 12.3 Å². The van der Waals surface area contributed by atoms with Gasteiger partial charge in [0.2, 0.25) is 0 Å². The van der Waals surface area contributed by atoms with Gasteiger partial charge in [-0.2, -0.15) is 0 Å². The third kappa shape index (κ3) is 1.62. The van der Waals surface area contributed by atoms with Crippen LogP contribution < -0.4 is 0 Å². The van der Waals surface area contributed by atoms with Gasteiger partial charge in [0.25, 0.3) is 0 Å². The van der Waals surface area contributed by atoms with Crippen LogP contribution in [0.5, 0.6) is 0 Å². The number of halogens is 1. The Labute approximate surface area is 68.0 Å². The Hall–Kier alpha value is -1.22. The summed E-state index contributed by atoms with van der Waals surface area (Å²) in [7, 11) is 0. The first-order valence-electron chi connectivity index (χ1n) is 2.84. The van der Waals surface area contributed by atoms with Crippen molar-refractivity contribution in [3.05, 3.63) is 28.5 Å². The maximum Gasteiger partial charge on any atom is 0.153 e. The Morgan fingerprint density at radius 1 is 1.36 bits per heavy atom. The average molecular weight is 170 g/mol. The SMILES string of the molecule is O=Cc1cnc(Cl)c(C=O)c1. The first-order valence-corrected chi connectivity index (χ1v) is 3.21. The van der Waals surface area contributed by atoms with Gasteiger partial charge < -0.3 is 0 Å². The highest BCUT2D eigenvalue weighted by Gasteiger charge is 2.00. The summed E-state index contributed by atoms with van der Waals surface area (Å²) in [5.41, 5.74) is 0.577. The Morgan fingerprint density at radius 2 is 2.09 bits per heavy atom. The highest BCUT2D eigenvalue weighted by atomic mass is 35.5. The lowest BCUT2D eigenvalue weighted by Crippen LogP contribution is -1.89. The van der Waals surface area contributed by atoms with Gasteiger partial charge in [-0.3, -0.25) is 9.59 Å². The van der Waals surface area contributed by atoms with Crippen molar-refractivity contribution in [3.8, 4) is 0 Å². The summed E-state index contributed by atoms with van der Waals surface area (Å²) in [4.78, 5) is 24.1. The van der Waals surface area contributed by atoms with Crippen LogP contribution in [0.1, 0.15) is 20.7 Å². The third-order valence-corrected chi connectivity index (χ3v) is 1.47. The molecular formula is C7H4ClNO2. The van der Waals surface area contributed by atoms with Crippen LogP contribution in [0.4, 0.5) is 0 Å². The monoisotopic (exact) mass is 169 g/mol. The van der Waals surface area contributed by atoms with Crippen molar-refractivity contribution in [1.82, 2.24) is 4.98 Å². The van der Waals surface area contributed by atoms with E-state index < -0.39 is 0 Å². The van der Waals surface area contributed by atoms with Crippen molar-refractivity contribution in [3.63, 3.8) is 0 Å². The fourth-order valence-electron chi connectivity index (χ4n) is 0.629. The summed E-state index contributed by atoms with van der Waals surface area (Å²) < 4.78 is 0. The Kier molecular flexibility index (Phi) is 2.33. The molecule has 0 aliphatic carbocycles. The average Bonchev–Trinajstić information content (AvgIpc) is 2.05. The summed E-state index contributed by atoms with van der Waals surface area (Å²) in [5, 5.41) is 0.116. The standard InChI is InChI=1S/C7H4ClNO2/c8-7-6(4-11)1-5(3-10)2-9-7/h1-4H. The van der Waals surface area contributed by atoms with E-state index in [0.29, 0.717) is 18.1 Å². The fourth-order valence-corrected chi connectivity index (χ4v) is 0.777. The van der Waals surface area contributed by atoms with Crippen LogP contribution in [0.2, 0.25) is 5.15 Å².